The van der Waals surface area contributed by atoms with E-state index >= 15 is 0 Å². The first-order valence-electron chi connectivity index (χ1n) is 6.62. The summed E-state index contributed by atoms with van der Waals surface area (Å²) >= 11 is 1.57. The van der Waals surface area contributed by atoms with E-state index in [1.54, 1.807) is 18.3 Å². The van der Waals surface area contributed by atoms with Crippen molar-refractivity contribution in [2.75, 3.05) is 6.54 Å². The second kappa shape index (κ2) is 7.84. The summed E-state index contributed by atoms with van der Waals surface area (Å²) in [5.74, 6) is -1.12. The lowest BCUT2D eigenvalue weighted by Crippen LogP contribution is -2.49. The van der Waals surface area contributed by atoms with Gasteiger partial charge in [0.15, 0.2) is 0 Å². The predicted molar refractivity (Wildman–Crippen MR) is 78.0 cm³/mol. The van der Waals surface area contributed by atoms with Gasteiger partial charge in [0.25, 0.3) is 0 Å². The van der Waals surface area contributed by atoms with Gasteiger partial charge in [-0.3, -0.25) is 0 Å². The van der Waals surface area contributed by atoms with Gasteiger partial charge in [-0.2, -0.15) is 0 Å². The molecule has 0 bridgehead atoms. The minimum Gasteiger partial charge on any atom is -0.480 e. The molecule has 112 valence electrons. The van der Waals surface area contributed by atoms with Gasteiger partial charge in [-0.25, -0.2) is 14.6 Å². The molecule has 0 aliphatic rings. The molecule has 0 saturated heterocycles. The summed E-state index contributed by atoms with van der Waals surface area (Å²) in [5, 5.41) is 17.2. The van der Waals surface area contributed by atoms with E-state index in [1.807, 2.05) is 19.2 Å². The minimum atomic E-state index is -1.01. The number of carboxylic acid groups (broad SMARTS) is 1. The SMILES string of the molecule is CC[C@H](C)[C@H](NC(=O)NCCc1csc(C)n1)C(=O)O. The van der Waals surface area contributed by atoms with Gasteiger partial charge in [-0.1, -0.05) is 20.3 Å². The molecule has 20 heavy (non-hydrogen) atoms. The average molecular weight is 299 g/mol. The number of aliphatic carboxylic acids is 1. The van der Waals surface area contributed by atoms with E-state index in [-0.39, 0.29) is 5.92 Å². The number of carboxylic acids is 1. The van der Waals surface area contributed by atoms with Gasteiger partial charge in [-0.15, -0.1) is 11.3 Å². The first-order valence-corrected chi connectivity index (χ1v) is 7.50. The molecule has 0 aliphatic carbocycles. The van der Waals surface area contributed by atoms with E-state index in [9.17, 15) is 9.59 Å². The van der Waals surface area contributed by atoms with Crippen LogP contribution in [-0.2, 0) is 11.2 Å². The Hall–Kier alpha value is -1.63. The topological polar surface area (TPSA) is 91.3 Å². The first kappa shape index (κ1) is 16.4. The van der Waals surface area contributed by atoms with Crippen molar-refractivity contribution >= 4 is 23.3 Å². The molecule has 0 fully saturated rings. The molecule has 1 heterocycles. The zero-order valence-corrected chi connectivity index (χ0v) is 12.8. The van der Waals surface area contributed by atoms with Crippen molar-refractivity contribution < 1.29 is 14.7 Å². The minimum absolute atomic E-state index is 0.112. The van der Waals surface area contributed by atoms with Crippen molar-refractivity contribution in [2.24, 2.45) is 5.92 Å². The molecular weight excluding hydrogens is 278 g/mol. The zero-order chi connectivity index (χ0) is 15.1. The Morgan fingerprint density at radius 1 is 1.50 bits per heavy atom. The van der Waals surface area contributed by atoms with Crippen LogP contribution in [0.15, 0.2) is 5.38 Å². The molecule has 2 amide bonds. The monoisotopic (exact) mass is 299 g/mol. The highest BCUT2D eigenvalue weighted by atomic mass is 32.1. The van der Waals surface area contributed by atoms with Crippen LogP contribution in [0.1, 0.15) is 31.0 Å². The van der Waals surface area contributed by atoms with E-state index in [0.29, 0.717) is 19.4 Å². The van der Waals surface area contributed by atoms with Crippen molar-refractivity contribution in [2.45, 2.75) is 39.7 Å². The van der Waals surface area contributed by atoms with Crippen LogP contribution in [-0.4, -0.2) is 34.7 Å². The van der Waals surface area contributed by atoms with E-state index in [4.69, 9.17) is 5.11 Å². The van der Waals surface area contributed by atoms with Crippen molar-refractivity contribution in [3.8, 4) is 0 Å². The maximum Gasteiger partial charge on any atom is 0.326 e. The summed E-state index contributed by atoms with van der Waals surface area (Å²) in [6.45, 7) is 6.06. The molecule has 0 aromatic carbocycles. The second-order valence-corrected chi connectivity index (χ2v) is 5.77. The number of aryl methyl sites for hydroxylation is 1. The van der Waals surface area contributed by atoms with Crippen LogP contribution >= 0.6 is 11.3 Å². The van der Waals surface area contributed by atoms with E-state index in [1.165, 1.54) is 0 Å². The number of thiazole rings is 1. The van der Waals surface area contributed by atoms with Gasteiger partial charge in [-0.05, 0) is 12.8 Å². The molecule has 0 spiro atoms. The first-order chi connectivity index (χ1) is 9.43. The lowest BCUT2D eigenvalue weighted by Gasteiger charge is -2.20. The lowest BCUT2D eigenvalue weighted by molar-refractivity contribution is -0.140. The standard InChI is InChI=1S/C13H21N3O3S/c1-4-8(2)11(12(17)18)16-13(19)14-6-5-10-7-20-9(3)15-10/h7-8,11H,4-6H2,1-3H3,(H,17,18)(H2,14,16,19)/t8-,11-/m0/s1. The van der Waals surface area contributed by atoms with Crippen LogP contribution in [0.4, 0.5) is 4.79 Å². The maximum absolute atomic E-state index is 11.7. The lowest BCUT2D eigenvalue weighted by atomic mass is 9.99. The molecule has 1 aromatic rings. The summed E-state index contributed by atoms with van der Waals surface area (Å²) in [6.07, 6.45) is 1.33. The summed E-state index contributed by atoms with van der Waals surface area (Å²) < 4.78 is 0. The summed E-state index contributed by atoms with van der Waals surface area (Å²) in [6, 6.07) is -1.31. The summed E-state index contributed by atoms with van der Waals surface area (Å²) in [5.41, 5.74) is 0.935. The molecule has 6 nitrogen and oxygen atoms in total. The van der Waals surface area contributed by atoms with Gasteiger partial charge >= 0.3 is 12.0 Å². The molecule has 1 aromatic heterocycles. The fourth-order valence-electron chi connectivity index (χ4n) is 1.70. The van der Waals surface area contributed by atoms with Crippen LogP contribution in [0.3, 0.4) is 0 Å². The highest BCUT2D eigenvalue weighted by molar-refractivity contribution is 7.09. The van der Waals surface area contributed by atoms with Gasteiger partial charge in [0, 0.05) is 18.3 Å². The second-order valence-electron chi connectivity index (χ2n) is 4.71. The number of rotatable bonds is 7. The van der Waals surface area contributed by atoms with Crippen LogP contribution in [0.25, 0.3) is 0 Å². The predicted octanol–water partition coefficient (Wildman–Crippen LogP) is 1.79. The van der Waals surface area contributed by atoms with Crippen molar-refractivity contribution in [3.63, 3.8) is 0 Å². The summed E-state index contributed by atoms with van der Waals surface area (Å²) in [7, 11) is 0. The fraction of sp³-hybridized carbons (Fsp3) is 0.615. The Balaban J connectivity index is 2.36. The molecular formula is C13H21N3O3S. The zero-order valence-electron chi connectivity index (χ0n) is 12.0. The van der Waals surface area contributed by atoms with E-state index in [0.717, 1.165) is 10.7 Å². The number of carbonyl (C=O) groups is 2. The molecule has 3 N–H and O–H groups in total. The highest BCUT2D eigenvalue weighted by Gasteiger charge is 2.24. The van der Waals surface area contributed by atoms with Gasteiger partial charge in [0.05, 0.1) is 10.7 Å². The van der Waals surface area contributed by atoms with Crippen LogP contribution in [0.5, 0.6) is 0 Å². The third-order valence-corrected chi connectivity index (χ3v) is 3.92. The average Bonchev–Trinajstić information content (AvgIpc) is 2.80. The molecule has 1 rings (SSSR count). The number of aromatic nitrogens is 1. The number of urea groups is 1. The van der Waals surface area contributed by atoms with Gasteiger partial charge in [0.2, 0.25) is 0 Å². The number of hydrogen-bond acceptors (Lipinski definition) is 4. The van der Waals surface area contributed by atoms with Crippen molar-refractivity contribution in [1.29, 1.82) is 0 Å². The number of nitrogens with zero attached hydrogens (tertiary/aromatic N) is 1. The Morgan fingerprint density at radius 3 is 2.70 bits per heavy atom. The smallest absolute Gasteiger partial charge is 0.326 e. The number of hydrogen-bond donors (Lipinski definition) is 3. The molecule has 0 aliphatic heterocycles. The fourth-order valence-corrected chi connectivity index (χ4v) is 2.35. The largest absolute Gasteiger partial charge is 0.480 e. The Labute approximate surface area is 122 Å². The van der Waals surface area contributed by atoms with Crippen molar-refractivity contribution in [1.82, 2.24) is 15.6 Å². The van der Waals surface area contributed by atoms with Crippen LogP contribution in [0.2, 0.25) is 0 Å². The third kappa shape index (κ3) is 5.16. The van der Waals surface area contributed by atoms with Gasteiger partial charge < -0.3 is 15.7 Å². The molecule has 0 saturated carbocycles. The summed E-state index contributed by atoms with van der Waals surface area (Å²) in [4.78, 5) is 27.0. The van der Waals surface area contributed by atoms with E-state index in [2.05, 4.69) is 15.6 Å². The normalized spacial score (nSPS) is 13.6. The van der Waals surface area contributed by atoms with E-state index < -0.39 is 18.0 Å². The van der Waals surface area contributed by atoms with Crippen molar-refractivity contribution in [3.05, 3.63) is 16.1 Å². The van der Waals surface area contributed by atoms with Gasteiger partial charge in [0.1, 0.15) is 6.04 Å². The Morgan fingerprint density at radius 2 is 2.20 bits per heavy atom. The number of carbonyl (C=O) groups excluding carboxylic acids is 1. The Kier molecular flexibility index (Phi) is 6.44. The van der Waals surface area contributed by atoms with Crippen LogP contribution in [0, 0.1) is 12.8 Å². The molecule has 0 radical (unpaired) electrons. The number of amides is 2. The third-order valence-electron chi connectivity index (χ3n) is 3.10. The van der Waals surface area contributed by atoms with Crippen LogP contribution < -0.4 is 10.6 Å². The molecule has 2 atom stereocenters. The molecule has 7 heteroatoms. The number of nitrogens with one attached hydrogen (secondary N) is 2. The quantitative estimate of drug-likeness (QED) is 0.716. The highest BCUT2D eigenvalue weighted by Crippen LogP contribution is 2.08. The Bertz CT molecular complexity index is 461. The molecule has 0 unspecified atom stereocenters. The maximum atomic E-state index is 11.7.